The van der Waals surface area contributed by atoms with Crippen molar-refractivity contribution < 1.29 is 65.4 Å². The molecule has 1 aromatic carbocycles. The zero-order chi connectivity index (χ0) is 41.6. The van der Waals surface area contributed by atoms with Gasteiger partial charge in [-0.3, -0.25) is 0 Å². The molecule has 1 heterocycles. The van der Waals surface area contributed by atoms with Crippen LogP contribution in [-0.4, -0.2) is 126 Å². The zero-order valence-corrected chi connectivity index (χ0v) is 34.0. The standard InChI is InChI=1S/C7H8FNO2S.C6H15NO4S.C5H11NO3S.C5H13NO3S.C4H8N2O2S/c8-7-3-1-2-6(4-7)5-12(9,10)11;1-10-4-5-11-3-2-6-12(7,8)9;6-10(7,8)4-5-1-2-9-3-5;1-9-4-2-3-5-10(6,7)8;1-6-3-2-4-9(5,7)8/h1-4H,5H2,(H2,9,10,11);2-6H2,1H3,(H2,7,8,9);5H,1-4H2,(H2,6,7,8);2-5H2,1H3,(H2,6,7,8);2-4H2,(H2,5,7,8). The number of halogens is 1. The molecule has 0 amide bonds. The molecule has 10 N–H and O–H groups in total. The Bertz CT molecular complexity index is 1700. The molecular weight excluding hydrogens is 812 g/mol. The van der Waals surface area contributed by atoms with E-state index in [0.717, 1.165) is 18.9 Å². The van der Waals surface area contributed by atoms with Crippen LogP contribution in [0.15, 0.2) is 24.3 Å². The lowest BCUT2D eigenvalue weighted by Gasteiger charge is -2.02. The topological polar surface area (TPSA) is 342 Å². The van der Waals surface area contributed by atoms with Crippen molar-refractivity contribution in [1.29, 1.82) is 0 Å². The van der Waals surface area contributed by atoms with E-state index in [2.05, 4.69) is 9.98 Å². The van der Waals surface area contributed by atoms with Gasteiger partial charge in [0.05, 0.1) is 48.6 Å². The van der Waals surface area contributed by atoms with Gasteiger partial charge in [-0.15, -0.1) is 0 Å². The third-order valence-corrected chi connectivity index (χ3v) is 9.87. The number of rotatable bonds is 19. The van der Waals surface area contributed by atoms with Crippen LogP contribution in [0.3, 0.4) is 0 Å². The van der Waals surface area contributed by atoms with Gasteiger partial charge in [-0.2, -0.15) is 0 Å². The fraction of sp³-hybridized carbons (Fsp3) is 0.741. The summed E-state index contributed by atoms with van der Waals surface area (Å²) in [5.74, 6) is -0.671. The number of hydrogen-bond donors (Lipinski definition) is 5. The van der Waals surface area contributed by atoms with Gasteiger partial charge in [-0.1, -0.05) is 12.1 Å². The highest BCUT2D eigenvalue weighted by molar-refractivity contribution is 7.90. The average Bonchev–Trinajstić information content (AvgIpc) is 3.48. The monoisotopic (exact) mass is 866 g/mol. The Kier molecular flexibility index (Phi) is 31.6. The van der Waals surface area contributed by atoms with Gasteiger partial charge in [0.2, 0.25) is 56.7 Å². The summed E-state index contributed by atoms with van der Waals surface area (Å²) in [7, 11) is -13.6. The summed E-state index contributed by atoms with van der Waals surface area (Å²) in [6.07, 6.45) is 2.90. The van der Waals surface area contributed by atoms with E-state index < -0.39 is 55.9 Å². The summed E-state index contributed by atoms with van der Waals surface area (Å²) < 4.78 is 136. The van der Waals surface area contributed by atoms with Crippen LogP contribution in [0.5, 0.6) is 0 Å². The summed E-state index contributed by atoms with van der Waals surface area (Å²) in [4.78, 5) is 2.97. The predicted octanol–water partition coefficient (Wildman–Crippen LogP) is -1.46. The van der Waals surface area contributed by atoms with Gasteiger partial charge in [0.25, 0.3) is 0 Å². The Morgan fingerprint density at radius 2 is 1.28 bits per heavy atom. The minimum atomic E-state index is -3.56. The molecule has 1 aliphatic rings. The first kappa shape index (κ1) is 55.4. The van der Waals surface area contributed by atoms with Gasteiger partial charge in [-0.25, -0.2) is 78.7 Å². The summed E-state index contributed by atoms with van der Waals surface area (Å²) in [5, 5.41) is 23.8. The first-order valence-corrected chi connectivity index (χ1v) is 24.0. The molecular formula is C27H55FN6O14S5. The lowest BCUT2D eigenvalue weighted by atomic mass is 10.2. The highest BCUT2D eigenvalue weighted by Gasteiger charge is 2.20. The number of benzene rings is 1. The van der Waals surface area contributed by atoms with E-state index >= 15 is 0 Å². The number of hydrogen-bond acceptors (Lipinski definition) is 14. The van der Waals surface area contributed by atoms with Crippen molar-refractivity contribution >= 4 is 50.1 Å². The van der Waals surface area contributed by atoms with E-state index in [1.54, 1.807) is 14.2 Å². The van der Waals surface area contributed by atoms with E-state index in [9.17, 15) is 46.5 Å². The Hall–Kier alpha value is -1.97. The molecule has 26 heteroatoms. The second-order valence-electron chi connectivity index (χ2n) is 11.0. The molecule has 314 valence electrons. The van der Waals surface area contributed by atoms with Gasteiger partial charge in [0.15, 0.2) is 0 Å². The molecule has 20 nitrogen and oxygen atoms in total. The number of nitrogens with two attached hydrogens (primary N) is 5. The molecule has 1 atom stereocenters. The molecule has 1 unspecified atom stereocenters. The maximum atomic E-state index is 12.5. The van der Waals surface area contributed by atoms with Crippen molar-refractivity contribution in [2.24, 2.45) is 31.6 Å². The van der Waals surface area contributed by atoms with Gasteiger partial charge in [0, 0.05) is 40.5 Å². The molecule has 0 bridgehead atoms. The molecule has 0 spiro atoms. The van der Waals surface area contributed by atoms with Crippen LogP contribution >= 0.6 is 0 Å². The van der Waals surface area contributed by atoms with Crippen molar-refractivity contribution in [3.8, 4) is 0 Å². The number of methoxy groups -OCH3 is 2. The molecule has 0 radical (unpaired) electrons. The van der Waals surface area contributed by atoms with Crippen molar-refractivity contribution in [2.75, 3.05) is 83.4 Å². The normalized spacial score (nSPS) is 14.4. The van der Waals surface area contributed by atoms with Gasteiger partial charge >= 0.3 is 0 Å². The van der Waals surface area contributed by atoms with Crippen LogP contribution in [0, 0.1) is 18.3 Å². The molecule has 1 saturated heterocycles. The van der Waals surface area contributed by atoms with Gasteiger partial charge < -0.3 is 23.8 Å². The van der Waals surface area contributed by atoms with Gasteiger partial charge in [0.1, 0.15) is 5.82 Å². The molecule has 0 aromatic heterocycles. The number of ether oxygens (including phenoxy) is 4. The van der Waals surface area contributed by atoms with Crippen LogP contribution in [0.2, 0.25) is 0 Å². The minimum absolute atomic E-state index is 0.0278. The fourth-order valence-corrected chi connectivity index (χ4v) is 6.63. The maximum Gasteiger partial charge on any atom is 0.215 e. The maximum absolute atomic E-state index is 12.5. The van der Waals surface area contributed by atoms with E-state index in [1.807, 2.05) is 0 Å². The predicted molar refractivity (Wildman–Crippen MR) is 199 cm³/mol. The van der Waals surface area contributed by atoms with E-state index in [4.69, 9.17) is 46.1 Å². The smallest absolute Gasteiger partial charge is 0.215 e. The first-order valence-electron chi connectivity index (χ1n) is 15.5. The highest BCUT2D eigenvalue weighted by Crippen LogP contribution is 2.13. The van der Waals surface area contributed by atoms with Crippen molar-refractivity contribution in [3.05, 3.63) is 47.1 Å². The molecule has 0 aliphatic carbocycles. The Morgan fingerprint density at radius 1 is 0.736 bits per heavy atom. The fourth-order valence-electron chi connectivity index (χ4n) is 3.40. The number of nitrogens with zero attached hydrogens (tertiary/aromatic N) is 1. The largest absolute Gasteiger partial charge is 0.385 e. The minimum Gasteiger partial charge on any atom is -0.385 e. The van der Waals surface area contributed by atoms with Crippen LogP contribution < -0.4 is 25.7 Å². The Morgan fingerprint density at radius 3 is 1.72 bits per heavy atom. The SMILES string of the molecule is COCCCCS(N)(=O)=O.COCCOCCCS(N)(=O)=O.NS(=O)(=O)CC1CCOC1.NS(=O)(=O)Cc1cccc(F)c1.[C-]#[N+]CCCS(N)(=O)=O. The van der Waals surface area contributed by atoms with E-state index in [-0.39, 0.29) is 41.2 Å². The van der Waals surface area contributed by atoms with Crippen molar-refractivity contribution in [3.63, 3.8) is 0 Å². The number of primary sulfonamides is 5. The van der Waals surface area contributed by atoms with Crippen LogP contribution in [0.4, 0.5) is 4.39 Å². The molecule has 1 fully saturated rings. The molecule has 2 rings (SSSR count). The lowest BCUT2D eigenvalue weighted by molar-refractivity contribution is 0.0712. The second-order valence-corrected chi connectivity index (χ2v) is 19.5. The van der Waals surface area contributed by atoms with Crippen LogP contribution in [-0.2, 0) is 74.8 Å². The summed E-state index contributed by atoms with van der Waals surface area (Å²) in [5.41, 5.74) is 0.359. The number of unbranched alkanes of at least 4 members (excludes halogenated alkanes) is 1. The molecule has 53 heavy (non-hydrogen) atoms. The van der Waals surface area contributed by atoms with E-state index in [0.29, 0.717) is 64.5 Å². The lowest BCUT2D eigenvalue weighted by Crippen LogP contribution is -2.23. The van der Waals surface area contributed by atoms with Gasteiger partial charge in [-0.05, 0) is 49.3 Å². The van der Waals surface area contributed by atoms with E-state index in [1.165, 1.54) is 18.2 Å². The van der Waals surface area contributed by atoms with Crippen molar-refractivity contribution in [1.82, 2.24) is 0 Å². The second kappa shape index (κ2) is 30.3. The first-order chi connectivity index (χ1) is 24.2. The summed E-state index contributed by atoms with van der Waals surface area (Å²) in [6.45, 7) is 9.74. The third-order valence-electron chi connectivity index (χ3n) is 5.62. The molecule has 1 aliphatic heterocycles. The Balaban J connectivity index is -0.000000592. The van der Waals surface area contributed by atoms with Crippen LogP contribution in [0.25, 0.3) is 4.85 Å². The molecule has 0 saturated carbocycles. The van der Waals surface area contributed by atoms with Crippen molar-refractivity contribution in [2.45, 2.75) is 37.9 Å². The average molecular weight is 867 g/mol. The highest BCUT2D eigenvalue weighted by atomic mass is 32.2. The Labute approximate surface area is 314 Å². The third kappa shape index (κ3) is 52.2. The number of sulfonamides is 5. The van der Waals surface area contributed by atoms with Crippen LogP contribution in [0.1, 0.15) is 37.7 Å². The molecule has 1 aromatic rings. The summed E-state index contributed by atoms with van der Waals surface area (Å²) >= 11 is 0. The summed E-state index contributed by atoms with van der Waals surface area (Å²) in [6, 6.07) is 5.33. The quantitative estimate of drug-likeness (QED) is 0.0784. The zero-order valence-electron chi connectivity index (χ0n) is 29.9.